The number of ketones is 1. The van der Waals surface area contributed by atoms with E-state index >= 15 is 0 Å². The van der Waals surface area contributed by atoms with Gasteiger partial charge >= 0.3 is 0 Å². The Morgan fingerprint density at radius 2 is 2.00 bits per heavy atom. The van der Waals surface area contributed by atoms with Gasteiger partial charge in [-0.3, -0.25) is 4.79 Å². The fourth-order valence-electron chi connectivity index (χ4n) is 2.33. The van der Waals surface area contributed by atoms with Crippen molar-refractivity contribution < 1.29 is 4.79 Å². The van der Waals surface area contributed by atoms with Gasteiger partial charge in [0.2, 0.25) is 0 Å². The second-order valence-electron chi connectivity index (χ2n) is 4.44. The van der Waals surface area contributed by atoms with Crippen molar-refractivity contribution in [3.8, 4) is 0 Å². The number of Topliss-reactive ketones (excluding diaryl/α,β-unsaturated/α-hetero) is 1. The van der Waals surface area contributed by atoms with Crippen molar-refractivity contribution in [3.63, 3.8) is 0 Å². The summed E-state index contributed by atoms with van der Waals surface area (Å²) in [5, 5.41) is 0. The molecule has 0 saturated carbocycles. The maximum atomic E-state index is 11.9. The molecule has 0 aromatic heterocycles. The zero-order chi connectivity index (χ0) is 11.0. The lowest BCUT2D eigenvalue weighted by Crippen LogP contribution is -2.11. The van der Waals surface area contributed by atoms with Crippen LogP contribution >= 0.6 is 0 Å². The van der Waals surface area contributed by atoms with E-state index in [2.05, 4.69) is 32.9 Å². The van der Waals surface area contributed by atoms with Crippen LogP contribution in [0.1, 0.15) is 53.2 Å². The highest BCUT2D eigenvalue weighted by atomic mass is 16.1. The van der Waals surface area contributed by atoms with E-state index in [9.17, 15) is 4.79 Å². The molecule has 0 amide bonds. The summed E-state index contributed by atoms with van der Waals surface area (Å²) in [7, 11) is 0. The van der Waals surface area contributed by atoms with E-state index < -0.39 is 0 Å². The maximum absolute atomic E-state index is 11.9. The zero-order valence-corrected chi connectivity index (χ0v) is 9.50. The van der Waals surface area contributed by atoms with E-state index in [1.807, 2.05) is 12.1 Å². The van der Waals surface area contributed by atoms with Crippen LogP contribution in [0.3, 0.4) is 0 Å². The lowest BCUT2D eigenvalue weighted by atomic mass is 9.84. The molecule has 1 aromatic rings. The van der Waals surface area contributed by atoms with Crippen molar-refractivity contribution in [3.05, 3.63) is 40.5 Å². The Bertz CT molecular complexity index is 439. The molecule has 15 heavy (non-hydrogen) atoms. The molecule has 0 heterocycles. The number of carbonyl (C=O) groups excluding carboxylic acids is 1. The third-order valence-electron chi connectivity index (χ3n) is 2.95. The van der Waals surface area contributed by atoms with Crippen molar-refractivity contribution in [1.82, 2.24) is 0 Å². The molecule has 0 atom stereocenters. The van der Waals surface area contributed by atoms with Crippen molar-refractivity contribution >= 4 is 11.9 Å². The van der Waals surface area contributed by atoms with Crippen LogP contribution in [-0.4, -0.2) is 5.78 Å². The van der Waals surface area contributed by atoms with Crippen molar-refractivity contribution in [2.24, 2.45) is 0 Å². The van der Waals surface area contributed by atoms with Crippen LogP contribution in [0.4, 0.5) is 0 Å². The summed E-state index contributed by atoms with van der Waals surface area (Å²) in [5.41, 5.74) is 4.49. The molecule has 1 aromatic carbocycles. The molecule has 1 heteroatoms. The molecule has 0 unspecified atom stereocenters. The summed E-state index contributed by atoms with van der Waals surface area (Å²) in [6, 6.07) is 4.15. The Hall–Kier alpha value is -1.37. The van der Waals surface area contributed by atoms with Crippen LogP contribution in [0.5, 0.6) is 0 Å². The molecule has 1 nitrogen and oxygen atoms in total. The van der Waals surface area contributed by atoms with E-state index in [1.54, 1.807) is 0 Å². The third kappa shape index (κ3) is 1.63. The average Bonchev–Trinajstić information content (AvgIpc) is 2.18. The molecule has 0 radical (unpaired) electrons. The standard InChI is InChI=1S/C14H16O/c1-9(2)13-10(3)7-8-11-5-4-6-12(15)14(11)13/h4-5,7-9H,6H2,1-3H3. The van der Waals surface area contributed by atoms with Crippen LogP contribution < -0.4 is 0 Å². The summed E-state index contributed by atoms with van der Waals surface area (Å²) in [6.45, 7) is 6.38. The van der Waals surface area contributed by atoms with Gasteiger partial charge in [-0.15, -0.1) is 0 Å². The minimum atomic E-state index is 0.264. The average molecular weight is 200 g/mol. The Morgan fingerprint density at radius 1 is 1.27 bits per heavy atom. The van der Waals surface area contributed by atoms with E-state index in [4.69, 9.17) is 0 Å². The topological polar surface area (TPSA) is 17.1 Å². The Kier molecular flexibility index (Phi) is 2.47. The van der Waals surface area contributed by atoms with Gasteiger partial charge in [-0.05, 0) is 29.5 Å². The number of benzene rings is 1. The SMILES string of the molecule is Cc1ccc2c(c1C(C)C)C(=O)CC=C2. The lowest BCUT2D eigenvalue weighted by molar-refractivity contribution is 0.0993. The van der Waals surface area contributed by atoms with Crippen LogP contribution in [0, 0.1) is 6.92 Å². The molecule has 1 aliphatic carbocycles. The fourth-order valence-corrected chi connectivity index (χ4v) is 2.33. The first-order valence-electron chi connectivity index (χ1n) is 5.44. The predicted molar refractivity (Wildman–Crippen MR) is 63.2 cm³/mol. The number of hydrogen-bond acceptors (Lipinski definition) is 1. The number of rotatable bonds is 1. The number of aryl methyl sites for hydroxylation is 1. The van der Waals surface area contributed by atoms with Gasteiger partial charge in [-0.1, -0.05) is 38.1 Å². The minimum absolute atomic E-state index is 0.264. The van der Waals surface area contributed by atoms with E-state index in [1.165, 1.54) is 11.1 Å². The van der Waals surface area contributed by atoms with Gasteiger partial charge in [0.25, 0.3) is 0 Å². The summed E-state index contributed by atoms with van der Waals surface area (Å²) in [5.74, 6) is 0.676. The highest BCUT2D eigenvalue weighted by Gasteiger charge is 2.20. The molecule has 0 saturated heterocycles. The molecule has 1 aliphatic rings. The van der Waals surface area contributed by atoms with Gasteiger partial charge in [0.05, 0.1) is 0 Å². The minimum Gasteiger partial charge on any atom is -0.294 e. The largest absolute Gasteiger partial charge is 0.294 e. The van der Waals surface area contributed by atoms with Crippen molar-refractivity contribution in [2.75, 3.05) is 0 Å². The van der Waals surface area contributed by atoms with Gasteiger partial charge in [-0.2, -0.15) is 0 Å². The molecule has 0 N–H and O–H groups in total. The summed E-state index contributed by atoms with van der Waals surface area (Å²) >= 11 is 0. The normalized spacial score (nSPS) is 14.5. The zero-order valence-electron chi connectivity index (χ0n) is 9.50. The van der Waals surface area contributed by atoms with Crippen LogP contribution in [0.25, 0.3) is 6.08 Å². The first kappa shape index (κ1) is 10.2. The molecule has 78 valence electrons. The first-order chi connectivity index (χ1) is 7.11. The molecular weight excluding hydrogens is 184 g/mol. The van der Waals surface area contributed by atoms with E-state index in [0.717, 1.165) is 11.1 Å². The quantitative estimate of drug-likeness (QED) is 0.675. The molecule has 0 fully saturated rings. The number of allylic oxidation sites excluding steroid dienone is 1. The molecular formula is C14H16O. The van der Waals surface area contributed by atoms with Gasteiger partial charge < -0.3 is 0 Å². The predicted octanol–water partition coefficient (Wildman–Crippen LogP) is 3.72. The smallest absolute Gasteiger partial charge is 0.167 e. The fraction of sp³-hybridized carbons (Fsp3) is 0.357. The number of fused-ring (bicyclic) bond motifs is 1. The maximum Gasteiger partial charge on any atom is 0.167 e. The van der Waals surface area contributed by atoms with Crippen LogP contribution in [0.2, 0.25) is 0 Å². The van der Waals surface area contributed by atoms with Crippen molar-refractivity contribution in [2.45, 2.75) is 33.1 Å². The van der Waals surface area contributed by atoms with Crippen LogP contribution in [0.15, 0.2) is 18.2 Å². The first-order valence-corrected chi connectivity index (χ1v) is 5.44. The van der Waals surface area contributed by atoms with Crippen LogP contribution in [-0.2, 0) is 0 Å². The van der Waals surface area contributed by atoms with Crippen molar-refractivity contribution in [1.29, 1.82) is 0 Å². The van der Waals surface area contributed by atoms with Gasteiger partial charge in [0.15, 0.2) is 5.78 Å². The Morgan fingerprint density at radius 3 is 2.67 bits per heavy atom. The highest BCUT2D eigenvalue weighted by Crippen LogP contribution is 2.30. The summed E-state index contributed by atoms with van der Waals surface area (Å²) in [4.78, 5) is 11.9. The molecule has 0 spiro atoms. The number of carbonyl (C=O) groups is 1. The molecule has 2 rings (SSSR count). The molecule has 0 aliphatic heterocycles. The molecule has 0 bridgehead atoms. The van der Waals surface area contributed by atoms with Gasteiger partial charge in [0.1, 0.15) is 0 Å². The summed E-state index contributed by atoms with van der Waals surface area (Å²) in [6.07, 6.45) is 4.56. The Labute approximate surface area is 90.8 Å². The number of hydrogen-bond donors (Lipinski definition) is 0. The second kappa shape index (κ2) is 3.65. The lowest BCUT2D eigenvalue weighted by Gasteiger charge is -2.19. The monoisotopic (exact) mass is 200 g/mol. The third-order valence-corrected chi connectivity index (χ3v) is 2.95. The van der Waals surface area contributed by atoms with E-state index in [-0.39, 0.29) is 5.78 Å². The van der Waals surface area contributed by atoms with Gasteiger partial charge in [-0.25, -0.2) is 0 Å². The summed E-state index contributed by atoms with van der Waals surface area (Å²) < 4.78 is 0. The second-order valence-corrected chi connectivity index (χ2v) is 4.44. The highest BCUT2D eigenvalue weighted by molar-refractivity contribution is 6.04. The van der Waals surface area contributed by atoms with Gasteiger partial charge in [0, 0.05) is 12.0 Å². The van der Waals surface area contributed by atoms with E-state index in [0.29, 0.717) is 12.3 Å². The Balaban J connectivity index is 2.72.